The summed E-state index contributed by atoms with van der Waals surface area (Å²) in [7, 11) is 0. The Labute approximate surface area is 118 Å². The van der Waals surface area contributed by atoms with Gasteiger partial charge in [-0.05, 0) is 24.6 Å². The van der Waals surface area contributed by atoms with Crippen molar-refractivity contribution in [3.05, 3.63) is 42.0 Å². The summed E-state index contributed by atoms with van der Waals surface area (Å²) in [6.45, 7) is 4.28. The van der Waals surface area contributed by atoms with Gasteiger partial charge in [-0.3, -0.25) is 0 Å². The fraction of sp³-hybridized carbons (Fsp3) is 0.400. The number of fused-ring (bicyclic) bond motifs is 1. The highest BCUT2D eigenvalue weighted by Gasteiger charge is 2.11. The fourth-order valence-electron chi connectivity index (χ4n) is 2.20. The van der Waals surface area contributed by atoms with E-state index in [1.165, 1.54) is 5.56 Å². The molecule has 20 heavy (non-hydrogen) atoms. The summed E-state index contributed by atoms with van der Waals surface area (Å²) >= 11 is 0. The first kappa shape index (κ1) is 13.0. The molecule has 5 heteroatoms. The van der Waals surface area contributed by atoms with Crippen LogP contribution in [0.25, 0.3) is 0 Å². The Hall–Kier alpha value is -2.01. The van der Waals surface area contributed by atoms with Crippen molar-refractivity contribution in [1.29, 1.82) is 0 Å². The Bertz CT molecular complexity index is 554. The molecule has 0 fully saturated rings. The molecule has 2 aromatic rings. The van der Waals surface area contributed by atoms with Gasteiger partial charge in [0.25, 0.3) is 0 Å². The van der Waals surface area contributed by atoms with E-state index in [1.807, 2.05) is 18.3 Å². The van der Waals surface area contributed by atoms with E-state index < -0.39 is 0 Å². The molecule has 5 nitrogen and oxygen atoms in total. The smallest absolute Gasteiger partial charge is 0.161 e. The van der Waals surface area contributed by atoms with Crippen LogP contribution in [0.4, 0.5) is 0 Å². The van der Waals surface area contributed by atoms with Gasteiger partial charge in [0.2, 0.25) is 0 Å². The number of imidazole rings is 1. The number of hydrogen-bond acceptors (Lipinski definition) is 4. The number of hydrogen-bond donors (Lipinski definition) is 2. The lowest BCUT2D eigenvalue weighted by Crippen LogP contribution is -2.19. The normalized spacial score (nSPS) is 15.7. The van der Waals surface area contributed by atoms with Crippen LogP contribution in [0.15, 0.2) is 30.6 Å². The number of H-pyrrole nitrogens is 1. The molecule has 1 unspecified atom stereocenters. The minimum atomic E-state index is 0.181. The van der Waals surface area contributed by atoms with Crippen molar-refractivity contribution in [3.8, 4) is 11.5 Å². The first-order valence-corrected chi connectivity index (χ1v) is 6.94. The molecule has 2 N–H and O–H groups in total. The standard InChI is InChI=1S/C15H19N3O2/c1-11(15-16-5-6-17-15)18-10-12-3-4-13-14(9-12)20-8-2-7-19-13/h3-6,9,11,18H,2,7-8,10H2,1H3,(H,16,17). The van der Waals surface area contributed by atoms with Gasteiger partial charge in [-0.2, -0.15) is 0 Å². The molecule has 1 aromatic carbocycles. The lowest BCUT2D eigenvalue weighted by Gasteiger charge is -2.13. The number of nitrogens with zero attached hydrogens (tertiary/aromatic N) is 1. The molecule has 2 heterocycles. The SMILES string of the molecule is CC(NCc1ccc2c(c1)OCCCO2)c1ncc[nH]1. The second-order valence-corrected chi connectivity index (χ2v) is 4.91. The van der Waals surface area contributed by atoms with E-state index in [2.05, 4.69) is 28.3 Å². The van der Waals surface area contributed by atoms with Crippen LogP contribution in [-0.2, 0) is 6.54 Å². The summed E-state index contributed by atoms with van der Waals surface area (Å²) in [5.74, 6) is 2.62. The Morgan fingerprint density at radius 1 is 1.30 bits per heavy atom. The molecule has 0 radical (unpaired) electrons. The Balaban J connectivity index is 1.64. The summed E-state index contributed by atoms with van der Waals surface area (Å²) in [4.78, 5) is 7.36. The van der Waals surface area contributed by atoms with E-state index in [0.29, 0.717) is 6.61 Å². The van der Waals surface area contributed by atoms with Crippen molar-refractivity contribution < 1.29 is 9.47 Å². The van der Waals surface area contributed by atoms with E-state index in [4.69, 9.17) is 9.47 Å². The highest BCUT2D eigenvalue weighted by molar-refractivity contribution is 5.43. The van der Waals surface area contributed by atoms with Gasteiger partial charge in [0.05, 0.1) is 19.3 Å². The van der Waals surface area contributed by atoms with E-state index in [0.717, 1.165) is 36.9 Å². The van der Waals surface area contributed by atoms with Crippen molar-refractivity contribution in [2.24, 2.45) is 0 Å². The predicted molar refractivity (Wildman–Crippen MR) is 75.9 cm³/mol. The summed E-state index contributed by atoms with van der Waals surface area (Å²) in [5.41, 5.74) is 1.17. The third kappa shape index (κ3) is 2.93. The molecule has 0 saturated heterocycles. The molecule has 1 aliphatic heterocycles. The second kappa shape index (κ2) is 5.96. The van der Waals surface area contributed by atoms with Crippen LogP contribution in [0.1, 0.15) is 30.8 Å². The summed E-state index contributed by atoms with van der Waals surface area (Å²) in [6, 6.07) is 6.27. The van der Waals surface area contributed by atoms with Crippen LogP contribution in [-0.4, -0.2) is 23.2 Å². The third-order valence-corrected chi connectivity index (χ3v) is 3.35. The molecule has 1 aromatic heterocycles. The quantitative estimate of drug-likeness (QED) is 0.898. The highest BCUT2D eigenvalue weighted by Crippen LogP contribution is 2.30. The maximum atomic E-state index is 5.70. The van der Waals surface area contributed by atoms with Crippen molar-refractivity contribution in [3.63, 3.8) is 0 Å². The van der Waals surface area contributed by atoms with Crippen molar-refractivity contribution in [1.82, 2.24) is 15.3 Å². The Morgan fingerprint density at radius 3 is 2.95 bits per heavy atom. The summed E-state index contributed by atoms with van der Waals surface area (Å²) in [5, 5.41) is 3.43. The highest BCUT2D eigenvalue weighted by atomic mass is 16.5. The van der Waals surface area contributed by atoms with Gasteiger partial charge in [-0.25, -0.2) is 4.98 Å². The van der Waals surface area contributed by atoms with Crippen molar-refractivity contribution in [2.75, 3.05) is 13.2 Å². The lowest BCUT2D eigenvalue weighted by molar-refractivity contribution is 0.297. The predicted octanol–water partition coefficient (Wildman–Crippen LogP) is 2.42. The number of aromatic amines is 1. The number of ether oxygens (including phenoxy) is 2. The van der Waals surface area contributed by atoms with Gasteiger partial charge >= 0.3 is 0 Å². The molecular weight excluding hydrogens is 254 g/mol. The number of rotatable bonds is 4. The molecule has 1 aliphatic rings. The molecule has 0 saturated carbocycles. The molecular formula is C15H19N3O2. The largest absolute Gasteiger partial charge is 0.490 e. The Kier molecular flexibility index (Phi) is 3.87. The average Bonchev–Trinajstić information content (AvgIpc) is 2.90. The molecule has 1 atom stereocenters. The van der Waals surface area contributed by atoms with Crippen LogP contribution >= 0.6 is 0 Å². The maximum absolute atomic E-state index is 5.70. The van der Waals surface area contributed by atoms with E-state index in [-0.39, 0.29) is 6.04 Å². The topological polar surface area (TPSA) is 59.2 Å². The third-order valence-electron chi connectivity index (χ3n) is 3.35. The maximum Gasteiger partial charge on any atom is 0.161 e. The molecule has 0 aliphatic carbocycles. The first-order chi connectivity index (χ1) is 9.83. The zero-order valence-corrected chi connectivity index (χ0v) is 11.6. The van der Waals surface area contributed by atoms with Crippen LogP contribution < -0.4 is 14.8 Å². The van der Waals surface area contributed by atoms with Crippen LogP contribution in [0.3, 0.4) is 0 Å². The van der Waals surface area contributed by atoms with Gasteiger partial charge in [-0.15, -0.1) is 0 Å². The molecule has 0 bridgehead atoms. The second-order valence-electron chi connectivity index (χ2n) is 4.91. The number of aromatic nitrogens is 2. The van der Waals surface area contributed by atoms with Crippen LogP contribution in [0, 0.1) is 0 Å². The van der Waals surface area contributed by atoms with Crippen LogP contribution in [0.5, 0.6) is 11.5 Å². The van der Waals surface area contributed by atoms with Crippen molar-refractivity contribution in [2.45, 2.75) is 25.9 Å². The minimum Gasteiger partial charge on any atom is -0.490 e. The lowest BCUT2D eigenvalue weighted by atomic mass is 10.2. The minimum absolute atomic E-state index is 0.181. The fourth-order valence-corrected chi connectivity index (χ4v) is 2.20. The van der Waals surface area contributed by atoms with Gasteiger partial charge in [0, 0.05) is 25.4 Å². The average molecular weight is 273 g/mol. The summed E-state index contributed by atoms with van der Waals surface area (Å²) < 4.78 is 11.3. The van der Waals surface area contributed by atoms with Gasteiger partial charge in [-0.1, -0.05) is 6.07 Å². The van der Waals surface area contributed by atoms with Gasteiger partial charge in [0.1, 0.15) is 5.82 Å². The van der Waals surface area contributed by atoms with Gasteiger partial charge < -0.3 is 19.8 Å². The van der Waals surface area contributed by atoms with Gasteiger partial charge in [0.15, 0.2) is 11.5 Å². The molecule has 0 amide bonds. The monoisotopic (exact) mass is 273 g/mol. The van der Waals surface area contributed by atoms with E-state index >= 15 is 0 Å². The molecule has 3 rings (SSSR count). The van der Waals surface area contributed by atoms with Crippen molar-refractivity contribution >= 4 is 0 Å². The van der Waals surface area contributed by atoms with E-state index in [9.17, 15) is 0 Å². The Morgan fingerprint density at radius 2 is 2.15 bits per heavy atom. The zero-order chi connectivity index (χ0) is 13.8. The summed E-state index contributed by atoms with van der Waals surface area (Å²) in [6.07, 6.45) is 4.53. The molecule has 0 spiro atoms. The number of benzene rings is 1. The van der Waals surface area contributed by atoms with E-state index in [1.54, 1.807) is 6.20 Å². The zero-order valence-electron chi connectivity index (χ0n) is 11.6. The number of nitrogens with one attached hydrogen (secondary N) is 2. The molecule has 106 valence electrons. The van der Waals surface area contributed by atoms with Crippen LogP contribution in [0.2, 0.25) is 0 Å². The first-order valence-electron chi connectivity index (χ1n) is 6.94.